The van der Waals surface area contributed by atoms with Gasteiger partial charge in [-0.05, 0) is 30.3 Å². The number of rotatable bonds is 6. The summed E-state index contributed by atoms with van der Waals surface area (Å²) in [5.74, 6) is -1.40. The summed E-state index contributed by atoms with van der Waals surface area (Å²) >= 11 is 17.9. The molecule has 2 aromatic carbocycles. The Labute approximate surface area is 188 Å². The maximum atomic E-state index is 14.1. The molecular weight excluding hydrogens is 487 g/mol. The molecule has 0 unspecified atom stereocenters. The Morgan fingerprint density at radius 3 is 2.16 bits per heavy atom. The van der Waals surface area contributed by atoms with E-state index in [1.165, 1.54) is 25.3 Å². The Bertz CT molecular complexity index is 1090. The van der Waals surface area contributed by atoms with Crippen LogP contribution in [0, 0.1) is 5.82 Å². The van der Waals surface area contributed by atoms with E-state index >= 15 is 0 Å². The van der Waals surface area contributed by atoms with E-state index in [0.29, 0.717) is 5.69 Å². The highest BCUT2D eigenvalue weighted by atomic mass is 35.5. The molecule has 0 aliphatic heterocycles. The Kier molecular flexibility index (Phi) is 6.83. The second-order valence-electron chi connectivity index (χ2n) is 5.81. The van der Waals surface area contributed by atoms with Crippen LogP contribution in [-0.2, 0) is 0 Å². The molecule has 0 aliphatic carbocycles. The lowest BCUT2D eigenvalue weighted by atomic mass is 10.3. The van der Waals surface area contributed by atoms with Crippen molar-refractivity contribution in [1.29, 1.82) is 0 Å². The van der Waals surface area contributed by atoms with E-state index in [-0.39, 0.29) is 38.3 Å². The fraction of sp³-hybridized carbons (Fsp3) is 0.111. The van der Waals surface area contributed by atoms with Crippen LogP contribution in [0.4, 0.5) is 40.7 Å². The van der Waals surface area contributed by atoms with Gasteiger partial charge in [-0.2, -0.15) is 4.98 Å². The number of anilines is 4. The number of nitrogens with one attached hydrogen (secondary N) is 2. The molecule has 3 aromatic rings. The van der Waals surface area contributed by atoms with Crippen molar-refractivity contribution in [3.05, 3.63) is 57.4 Å². The second kappa shape index (κ2) is 9.21. The average molecular weight is 498 g/mol. The molecular formula is C18H11Cl3F4N4O2. The summed E-state index contributed by atoms with van der Waals surface area (Å²) in [6.07, 6.45) is -4.00. The van der Waals surface area contributed by atoms with E-state index in [0.717, 1.165) is 18.3 Å². The van der Waals surface area contributed by atoms with Crippen LogP contribution >= 0.6 is 34.8 Å². The van der Waals surface area contributed by atoms with Crippen molar-refractivity contribution in [3.63, 3.8) is 0 Å². The zero-order chi connectivity index (χ0) is 22.8. The molecule has 1 aromatic heterocycles. The summed E-state index contributed by atoms with van der Waals surface area (Å²) in [7, 11) is 1.41. The highest BCUT2D eigenvalue weighted by Crippen LogP contribution is 2.37. The van der Waals surface area contributed by atoms with E-state index < -0.39 is 17.9 Å². The molecule has 31 heavy (non-hydrogen) atoms. The number of alkyl halides is 3. The normalized spacial score (nSPS) is 11.2. The van der Waals surface area contributed by atoms with E-state index in [2.05, 4.69) is 25.3 Å². The van der Waals surface area contributed by atoms with Gasteiger partial charge in [0.05, 0.1) is 28.4 Å². The number of halogens is 7. The number of benzene rings is 2. The first-order chi connectivity index (χ1) is 14.6. The van der Waals surface area contributed by atoms with Gasteiger partial charge in [-0.15, -0.1) is 13.2 Å². The molecule has 13 heteroatoms. The van der Waals surface area contributed by atoms with Crippen LogP contribution in [0.2, 0.25) is 15.1 Å². The SMILES string of the molecule is COc1c(Cl)cc(Nc2ncc(F)c(Nc3ccc(OC(F)(F)F)c(Cl)c3)n2)cc1Cl. The highest BCUT2D eigenvalue weighted by Gasteiger charge is 2.32. The standard InChI is InChI=1S/C18H11Cl3F4N4O2/c1-30-15-11(20)5-9(6-12(15)21)28-17-26-7-13(22)16(29-17)27-8-2-3-14(10(19)4-8)31-18(23,24)25/h2-7H,1H3,(H2,26,27,28,29). The van der Waals surface area contributed by atoms with E-state index in [4.69, 9.17) is 39.5 Å². The summed E-state index contributed by atoms with van der Waals surface area (Å²) in [5.41, 5.74) is 0.573. The Hall–Kier alpha value is -2.69. The van der Waals surface area contributed by atoms with Crippen LogP contribution in [0.5, 0.6) is 11.5 Å². The van der Waals surface area contributed by atoms with E-state index in [1.54, 1.807) is 0 Å². The van der Waals surface area contributed by atoms with Gasteiger partial charge in [0.2, 0.25) is 5.95 Å². The zero-order valence-electron chi connectivity index (χ0n) is 15.3. The van der Waals surface area contributed by atoms with E-state index in [9.17, 15) is 17.6 Å². The molecule has 6 nitrogen and oxygen atoms in total. The van der Waals surface area contributed by atoms with Crippen LogP contribution in [0.3, 0.4) is 0 Å². The number of methoxy groups -OCH3 is 1. The number of nitrogens with zero attached hydrogens (tertiary/aromatic N) is 2. The van der Waals surface area contributed by atoms with Gasteiger partial charge in [-0.3, -0.25) is 0 Å². The van der Waals surface area contributed by atoms with Gasteiger partial charge in [-0.1, -0.05) is 34.8 Å². The maximum absolute atomic E-state index is 14.1. The molecule has 0 saturated carbocycles. The lowest BCUT2D eigenvalue weighted by Gasteiger charge is -2.13. The monoisotopic (exact) mass is 496 g/mol. The maximum Gasteiger partial charge on any atom is 0.573 e. The third-order valence-electron chi connectivity index (χ3n) is 3.62. The third-order valence-corrected chi connectivity index (χ3v) is 4.48. The molecule has 0 bridgehead atoms. The van der Waals surface area contributed by atoms with Crippen LogP contribution in [0.25, 0.3) is 0 Å². The minimum atomic E-state index is -4.90. The van der Waals surface area contributed by atoms with Crippen LogP contribution in [0.1, 0.15) is 0 Å². The zero-order valence-corrected chi connectivity index (χ0v) is 17.6. The number of hydrogen-bond acceptors (Lipinski definition) is 6. The Balaban J connectivity index is 1.81. The number of hydrogen-bond donors (Lipinski definition) is 2. The fourth-order valence-electron chi connectivity index (χ4n) is 2.39. The predicted molar refractivity (Wildman–Crippen MR) is 110 cm³/mol. The Morgan fingerprint density at radius 1 is 0.935 bits per heavy atom. The lowest BCUT2D eigenvalue weighted by Crippen LogP contribution is -2.17. The lowest BCUT2D eigenvalue weighted by molar-refractivity contribution is -0.274. The smallest absolute Gasteiger partial charge is 0.494 e. The van der Waals surface area contributed by atoms with Crippen molar-refractivity contribution in [2.75, 3.05) is 17.7 Å². The summed E-state index contributed by atoms with van der Waals surface area (Å²) in [6.45, 7) is 0. The first-order valence-corrected chi connectivity index (χ1v) is 9.34. The molecule has 0 fully saturated rings. The number of aromatic nitrogens is 2. The fourth-order valence-corrected chi connectivity index (χ4v) is 3.25. The minimum absolute atomic E-state index is 0.00989. The van der Waals surface area contributed by atoms with Gasteiger partial charge in [-0.25, -0.2) is 9.37 Å². The molecule has 0 spiro atoms. The molecule has 3 rings (SSSR count). The molecule has 0 radical (unpaired) electrons. The van der Waals surface area contributed by atoms with Crippen molar-refractivity contribution < 1.29 is 27.0 Å². The van der Waals surface area contributed by atoms with Crippen LogP contribution < -0.4 is 20.1 Å². The number of ether oxygens (including phenoxy) is 2. The largest absolute Gasteiger partial charge is 0.573 e. The van der Waals surface area contributed by atoms with Crippen molar-refractivity contribution in [2.45, 2.75) is 6.36 Å². The van der Waals surface area contributed by atoms with Gasteiger partial charge in [0.1, 0.15) is 5.75 Å². The molecule has 164 valence electrons. The quantitative estimate of drug-likeness (QED) is 0.359. The molecule has 2 N–H and O–H groups in total. The first kappa shape index (κ1) is 23.0. The van der Waals surface area contributed by atoms with Crippen molar-refractivity contribution in [3.8, 4) is 11.5 Å². The average Bonchev–Trinajstić information content (AvgIpc) is 2.65. The molecule has 1 heterocycles. The molecule has 0 atom stereocenters. The van der Waals surface area contributed by atoms with Gasteiger partial charge in [0, 0.05) is 11.4 Å². The van der Waals surface area contributed by atoms with Crippen LogP contribution in [0.15, 0.2) is 36.5 Å². The van der Waals surface area contributed by atoms with Crippen molar-refractivity contribution >= 4 is 57.9 Å². The van der Waals surface area contributed by atoms with Gasteiger partial charge < -0.3 is 20.1 Å². The summed E-state index contributed by atoms with van der Waals surface area (Å²) < 4.78 is 60.0. The van der Waals surface area contributed by atoms with Crippen LogP contribution in [-0.4, -0.2) is 23.4 Å². The van der Waals surface area contributed by atoms with Gasteiger partial charge in [0.15, 0.2) is 17.4 Å². The van der Waals surface area contributed by atoms with E-state index in [1.807, 2.05) is 0 Å². The predicted octanol–water partition coefficient (Wildman–Crippen LogP) is 6.97. The van der Waals surface area contributed by atoms with Gasteiger partial charge in [0.25, 0.3) is 0 Å². The second-order valence-corrected chi connectivity index (χ2v) is 7.03. The Morgan fingerprint density at radius 2 is 1.58 bits per heavy atom. The highest BCUT2D eigenvalue weighted by molar-refractivity contribution is 6.37. The minimum Gasteiger partial charge on any atom is -0.494 e. The molecule has 0 amide bonds. The van der Waals surface area contributed by atoms with Crippen molar-refractivity contribution in [1.82, 2.24) is 9.97 Å². The molecule has 0 saturated heterocycles. The summed E-state index contributed by atoms with van der Waals surface area (Å²) in [4.78, 5) is 7.82. The third kappa shape index (κ3) is 5.93. The topological polar surface area (TPSA) is 68.3 Å². The molecule has 0 aliphatic rings. The van der Waals surface area contributed by atoms with Gasteiger partial charge >= 0.3 is 6.36 Å². The van der Waals surface area contributed by atoms with Crippen molar-refractivity contribution in [2.24, 2.45) is 0 Å². The first-order valence-electron chi connectivity index (χ1n) is 8.20. The summed E-state index contributed by atoms with van der Waals surface area (Å²) in [5, 5.41) is 5.55. The summed E-state index contributed by atoms with van der Waals surface area (Å²) in [6, 6.07) is 6.33.